The highest BCUT2D eigenvalue weighted by Crippen LogP contribution is 2.33. The molecule has 0 aromatic rings. The Labute approximate surface area is 106 Å². The molecule has 1 aliphatic carbocycles. The molecule has 0 aromatic carbocycles. The first-order valence-corrected chi connectivity index (χ1v) is 7.20. The number of fused-ring (bicyclic) bond motifs is 1. The van der Waals surface area contributed by atoms with Crippen LogP contribution in [0.15, 0.2) is 16.4 Å². The van der Waals surface area contributed by atoms with Crippen LogP contribution in [0.1, 0.15) is 65.7 Å². The van der Waals surface area contributed by atoms with Crippen molar-refractivity contribution in [2.75, 3.05) is 0 Å². The van der Waals surface area contributed by atoms with Crippen molar-refractivity contribution in [3.05, 3.63) is 11.3 Å². The lowest BCUT2D eigenvalue weighted by Gasteiger charge is -2.30. The summed E-state index contributed by atoms with van der Waals surface area (Å²) in [5, 5.41) is 4.62. The fourth-order valence-electron chi connectivity index (χ4n) is 3.09. The molecule has 2 nitrogen and oxygen atoms in total. The van der Waals surface area contributed by atoms with Crippen LogP contribution in [-0.4, -0.2) is 5.71 Å². The molecular weight excluding hydrogens is 208 g/mol. The maximum absolute atomic E-state index is 4.62. The Morgan fingerprint density at radius 3 is 2.76 bits per heavy atom. The monoisotopic (exact) mass is 234 g/mol. The number of nitrogens with zero attached hydrogens (tertiary/aromatic N) is 1. The van der Waals surface area contributed by atoms with E-state index in [4.69, 9.17) is 0 Å². The third-order valence-corrected chi connectivity index (χ3v) is 3.98. The predicted octanol–water partition coefficient (Wildman–Crippen LogP) is 4.24. The summed E-state index contributed by atoms with van der Waals surface area (Å²) in [6.45, 7) is 6.77. The highest BCUT2D eigenvalue weighted by molar-refractivity contribution is 5.90. The summed E-state index contributed by atoms with van der Waals surface area (Å²) in [4.78, 5) is 0. The molecule has 0 bridgehead atoms. The number of allylic oxidation sites excluding steroid dienone is 2. The summed E-state index contributed by atoms with van der Waals surface area (Å²) in [5.41, 5.74) is 7.63. The zero-order valence-corrected chi connectivity index (χ0v) is 11.6. The van der Waals surface area contributed by atoms with Crippen molar-refractivity contribution >= 4 is 5.71 Å². The summed E-state index contributed by atoms with van der Waals surface area (Å²) in [6, 6.07) is 0. The van der Waals surface area contributed by atoms with Gasteiger partial charge in [-0.1, -0.05) is 33.1 Å². The molecule has 1 aliphatic heterocycles. The maximum Gasteiger partial charge on any atom is 0.0457 e. The molecular formula is C15H26N2. The molecule has 0 radical (unpaired) electrons. The van der Waals surface area contributed by atoms with Crippen molar-refractivity contribution in [3.8, 4) is 0 Å². The van der Waals surface area contributed by atoms with E-state index in [9.17, 15) is 0 Å². The van der Waals surface area contributed by atoms with Crippen LogP contribution < -0.4 is 5.43 Å². The van der Waals surface area contributed by atoms with Crippen molar-refractivity contribution in [1.82, 2.24) is 5.43 Å². The lowest BCUT2D eigenvalue weighted by molar-refractivity contribution is 0.500. The highest BCUT2D eigenvalue weighted by atomic mass is 15.3. The number of nitrogens with one attached hydrogen (secondary N) is 1. The Hall–Kier alpha value is -0.790. The second kappa shape index (κ2) is 5.70. The average Bonchev–Trinajstić information content (AvgIpc) is 2.22. The average molecular weight is 234 g/mol. The Morgan fingerprint density at radius 2 is 2.00 bits per heavy atom. The minimum absolute atomic E-state index is 0.652. The molecule has 2 aliphatic rings. The summed E-state index contributed by atoms with van der Waals surface area (Å²) in [5.74, 6) is 1.36. The van der Waals surface area contributed by atoms with Gasteiger partial charge in [-0.15, -0.1) is 0 Å². The molecule has 1 N–H and O–H groups in total. The van der Waals surface area contributed by atoms with Crippen molar-refractivity contribution in [2.24, 2.45) is 16.9 Å². The molecule has 0 amide bonds. The standard InChI is InChI=1S/C15H26N2/c1-11(2)10-15-14-9-7-5-4-6-8-13(14)12(3)16-17-15/h11,14,16H,4-10H2,1-3H3. The second-order valence-electron chi connectivity index (χ2n) is 5.97. The maximum atomic E-state index is 4.62. The minimum Gasteiger partial charge on any atom is -0.283 e. The molecule has 1 fully saturated rings. The van der Waals surface area contributed by atoms with E-state index in [-0.39, 0.29) is 0 Å². The third-order valence-electron chi connectivity index (χ3n) is 3.98. The summed E-state index contributed by atoms with van der Waals surface area (Å²) < 4.78 is 0. The minimum atomic E-state index is 0.652. The van der Waals surface area contributed by atoms with Gasteiger partial charge in [-0.2, -0.15) is 5.10 Å². The molecule has 17 heavy (non-hydrogen) atoms. The summed E-state index contributed by atoms with van der Waals surface area (Å²) in [7, 11) is 0. The van der Waals surface area contributed by atoms with Gasteiger partial charge in [-0.05, 0) is 44.1 Å². The van der Waals surface area contributed by atoms with E-state index < -0.39 is 0 Å². The van der Waals surface area contributed by atoms with Gasteiger partial charge in [-0.3, -0.25) is 5.43 Å². The van der Waals surface area contributed by atoms with Gasteiger partial charge in [0.25, 0.3) is 0 Å². The molecule has 0 spiro atoms. The largest absolute Gasteiger partial charge is 0.283 e. The molecule has 0 saturated heterocycles. The lowest BCUT2D eigenvalue weighted by atomic mass is 9.79. The van der Waals surface area contributed by atoms with Crippen molar-refractivity contribution in [1.29, 1.82) is 0 Å². The molecule has 1 heterocycles. The van der Waals surface area contributed by atoms with Gasteiger partial charge in [-0.25, -0.2) is 0 Å². The quantitative estimate of drug-likeness (QED) is 0.759. The van der Waals surface area contributed by atoms with Crippen LogP contribution in [0.25, 0.3) is 0 Å². The first-order chi connectivity index (χ1) is 8.18. The fraction of sp³-hybridized carbons (Fsp3) is 0.800. The highest BCUT2D eigenvalue weighted by Gasteiger charge is 2.26. The molecule has 0 aromatic heterocycles. The number of hydrazone groups is 1. The topological polar surface area (TPSA) is 24.4 Å². The van der Waals surface area contributed by atoms with Crippen LogP contribution in [0.4, 0.5) is 0 Å². The first kappa shape index (κ1) is 12.7. The van der Waals surface area contributed by atoms with Gasteiger partial charge in [0.15, 0.2) is 0 Å². The van der Waals surface area contributed by atoms with Crippen molar-refractivity contribution in [3.63, 3.8) is 0 Å². The smallest absolute Gasteiger partial charge is 0.0457 e. The summed E-state index contributed by atoms with van der Waals surface area (Å²) in [6.07, 6.45) is 9.29. The van der Waals surface area contributed by atoms with Gasteiger partial charge in [0.1, 0.15) is 0 Å². The molecule has 2 heteroatoms. The molecule has 1 unspecified atom stereocenters. The normalized spacial score (nSPS) is 25.9. The van der Waals surface area contributed by atoms with E-state index in [0.717, 1.165) is 6.42 Å². The molecule has 2 rings (SSSR count). The zero-order valence-electron chi connectivity index (χ0n) is 11.6. The van der Waals surface area contributed by atoms with Crippen molar-refractivity contribution < 1.29 is 0 Å². The van der Waals surface area contributed by atoms with Gasteiger partial charge in [0, 0.05) is 17.3 Å². The SMILES string of the molecule is CC1=C2CCCCCCC2C(CC(C)C)=NN1. The van der Waals surface area contributed by atoms with Crippen LogP contribution >= 0.6 is 0 Å². The van der Waals surface area contributed by atoms with E-state index in [2.05, 4.69) is 31.3 Å². The van der Waals surface area contributed by atoms with Crippen LogP contribution in [0.2, 0.25) is 0 Å². The van der Waals surface area contributed by atoms with Gasteiger partial charge in [0.05, 0.1) is 0 Å². The van der Waals surface area contributed by atoms with E-state index in [1.165, 1.54) is 49.9 Å². The predicted molar refractivity (Wildman–Crippen MR) is 73.9 cm³/mol. The van der Waals surface area contributed by atoms with E-state index in [1.807, 2.05) is 0 Å². The fourth-order valence-corrected chi connectivity index (χ4v) is 3.09. The lowest BCUT2D eigenvalue weighted by Crippen LogP contribution is -2.29. The van der Waals surface area contributed by atoms with Gasteiger partial charge < -0.3 is 0 Å². The van der Waals surface area contributed by atoms with E-state index in [1.54, 1.807) is 5.57 Å². The first-order valence-electron chi connectivity index (χ1n) is 7.20. The Kier molecular flexibility index (Phi) is 4.25. The Morgan fingerprint density at radius 1 is 1.24 bits per heavy atom. The molecule has 1 saturated carbocycles. The molecule has 1 atom stereocenters. The zero-order chi connectivity index (χ0) is 12.3. The number of rotatable bonds is 2. The summed E-state index contributed by atoms with van der Waals surface area (Å²) >= 11 is 0. The van der Waals surface area contributed by atoms with E-state index >= 15 is 0 Å². The third kappa shape index (κ3) is 3.11. The van der Waals surface area contributed by atoms with Gasteiger partial charge >= 0.3 is 0 Å². The van der Waals surface area contributed by atoms with Crippen LogP contribution in [0, 0.1) is 11.8 Å². The Bertz CT molecular complexity index is 326. The van der Waals surface area contributed by atoms with Crippen LogP contribution in [0.3, 0.4) is 0 Å². The second-order valence-corrected chi connectivity index (χ2v) is 5.97. The van der Waals surface area contributed by atoms with Crippen LogP contribution in [-0.2, 0) is 0 Å². The van der Waals surface area contributed by atoms with Crippen molar-refractivity contribution in [2.45, 2.75) is 65.7 Å². The van der Waals surface area contributed by atoms with Gasteiger partial charge in [0.2, 0.25) is 0 Å². The van der Waals surface area contributed by atoms with Crippen LogP contribution in [0.5, 0.6) is 0 Å². The molecule has 96 valence electrons. The Balaban J connectivity index is 2.16. The van der Waals surface area contributed by atoms with E-state index in [0.29, 0.717) is 11.8 Å². The number of hydrogen-bond acceptors (Lipinski definition) is 2. The number of hydrogen-bond donors (Lipinski definition) is 1.